The molecule has 0 heterocycles. The minimum absolute atomic E-state index is 0.0448. The molecule has 0 unspecified atom stereocenters. The molecule has 0 aliphatic heterocycles. The van der Waals surface area contributed by atoms with E-state index in [4.69, 9.17) is 21.7 Å². The van der Waals surface area contributed by atoms with E-state index in [-0.39, 0.29) is 5.11 Å². The van der Waals surface area contributed by atoms with Gasteiger partial charge in [-0.3, -0.25) is 25.8 Å². The van der Waals surface area contributed by atoms with Crippen molar-refractivity contribution in [2.45, 2.75) is 19.8 Å². The fraction of sp³-hybridized carbons (Fsp3) is 0.250. The second-order valence-electron chi connectivity index (χ2n) is 5.76. The zero-order valence-electron chi connectivity index (χ0n) is 15.8. The molecule has 8 heteroatoms. The van der Waals surface area contributed by atoms with E-state index >= 15 is 0 Å². The number of thiocarbonyl (C=S) groups is 1. The van der Waals surface area contributed by atoms with Crippen LogP contribution in [0.25, 0.3) is 0 Å². The maximum absolute atomic E-state index is 12.5. The minimum Gasteiger partial charge on any atom is -0.496 e. The molecule has 0 aliphatic rings. The Kier molecular flexibility index (Phi) is 8.23. The first-order valence-electron chi connectivity index (χ1n) is 8.83. The van der Waals surface area contributed by atoms with E-state index in [9.17, 15) is 9.59 Å². The van der Waals surface area contributed by atoms with Crippen LogP contribution in [-0.2, 0) is 0 Å². The summed E-state index contributed by atoms with van der Waals surface area (Å²) in [5, 5.41) is 2.47. The summed E-state index contributed by atoms with van der Waals surface area (Å²) in [6.45, 7) is 2.59. The van der Waals surface area contributed by atoms with Crippen molar-refractivity contribution in [2.75, 3.05) is 13.7 Å². The standard InChI is InChI=1S/C20H23N3O4S/c1-3-4-13-27-17-12-8-6-10-15(17)18(24)21-20(28)23-22-19(25)14-9-5-7-11-16(14)26-2/h5-12H,3-4,13H2,1-2H3,(H,22,25)(H2,21,23,24,28). The van der Waals surface area contributed by atoms with Crippen LogP contribution in [0, 0.1) is 0 Å². The van der Waals surface area contributed by atoms with Crippen LogP contribution in [-0.4, -0.2) is 30.6 Å². The van der Waals surface area contributed by atoms with Crippen molar-refractivity contribution >= 4 is 29.1 Å². The highest BCUT2D eigenvalue weighted by molar-refractivity contribution is 7.80. The first-order chi connectivity index (χ1) is 13.6. The number of amides is 2. The topological polar surface area (TPSA) is 88.7 Å². The van der Waals surface area contributed by atoms with E-state index in [1.165, 1.54) is 7.11 Å². The monoisotopic (exact) mass is 401 g/mol. The fourth-order valence-corrected chi connectivity index (χ4v) is 2.47. The molecular weight excluding hydrogens is 378 g/mol. The summed E-state index contributed by atoms with van der Waals surface area (Å²) >= 11 is 5.08. The summed E-state index contributed by atoms with van der Waals surface area (Å²) in [5.74, 6) is 0.0257. The highest BCUT2D eigenvalue weighted by Gasteiger charge is 2.15. The van der Waals surface area contributed by atoms with Gasteiger partial charge in [-0.15, -0.1) is 0 Å². The smallest absolute Gasteiger partial charge is 0.273 e. The van der Waals surface area contributed by atoms with E-state index in [0.717, 1.165) is 12.8 Å². The molecule has 0 fully saturated rings. The van der Waals surface area contributed by atoms with E-state index < -0.39 is 11.8 Å². The average molecular weight is 401 g/mol. The normalized spacial score (nSPS) is 9.93. The van der Waals surface area contributed by atoms with Gasteiger partial charge in [0.05, 0.1) is 24.8 Å². The van der Waals surface area contributed by atoms with Crippen molar-refractivity contribution in [2.24, 2.45) is 0 Å². The van der Waals surface area contributed by atoms with E-state index in [1.807, 2.05) is 0 Å². The Hall–Kier alpha value is -3.13. The number of carbonyl (C=O) groups excluding carboxylic acids is 2. The predicted octanol–water partition coefficient (Wildman–Crippen LogP) is 2.82. The SMILES string of the molecule is CCCCOc1ccccc1C(=O)NC(=S)NNC(=O)c1ccccc1OC. The molecule has 0 bridgehead atoms. The van der Waals surface area contributed by atoms with Crippen LogP contribution in [0.15, 0.2) is 48.5 Å². The fourth-order valence-electron chi connectivity index (χ4n) is 2.32. The largest absolute Gasteiger partial charge is 0.496 e. The lowest BCUT2D eigenvalue weighted by Crippen LogP contribution is -2.48. The van der Waals surface area contributed by atoms with Crippen LogP contribution >= 0.6 is 12.2 Å². The van der Waals surface area contributed by atoms with Crippen LogP contribution in [0.5, 0.6) is 11.5 Å². The van der Waals surface area contributed by atoms with Gasteiger partial charge in [0.25, 0.3) is 11.8 Å². The minimum atomic E-state index is -0.447. The van der Waals surface area contributed by atoms with Crippen LogP contribution in [0.1, 0.15) is 40.5 Å². The molecule has 148 valence electrons. The number of benzene rings is 2. The zero-order valence-corrected chi connectivity index (χ0v) is 16.6. The Labute approximate surface area is 169 Å². The molecule has 2 amide bonds. The third kappa shape index (κ3) is 5.95. The number of unbranched alkanes of at least 4 members (excludes halogenated alkanes) is 1. The van der Waals surface area contributed by atoms with Crippen molar-refractivity contribution in [1.82, 2.24) is 16.2 Å². The number of nitrogens with one attached hydrogen (secondary N) is 3. The first kappa shape index (κ1) is 21.2. The molecule has 0 saturated heterocycles. The molecule has 2 rings (SSSR count). The Balaban J connectivity index is 1.93. The highest BCUT2D eigenvalue weighted by Crippen LogP contribution is 2.18. The second-order valence-corrected chi connectivity index (χ2v) is 6.17. The molecule has 2 aromatic carbocycles. The predicted molar refractivity (Wildman–Crippen MR) is 111 cm³/mol. The van der Waals surface area contributed by atoms with Gasteiger partial charge in [0.15, 0.2) is 5.11 Å². The summed E-state index contributed by atoms with van der Waals surface area (Å²) in [5.41, 5.74) is 5.63. The number of rotatable bonds is 7. The first-order valence-corrected chi connectivity index (χ1v) is 9.24. The molecular formula is C20H23N3O4S. The van der Waals surface area contributed by atoms with Crippen LogP contribution in [0.2, 0.25) is 0 Å². The summed E-state index contributed by atoms with van der Waals surface area (Å²) in [6.07, 6.45) is 1.89. The van der Waals surface area contributed by atoms with Crippen molar-refractivity contribution in [3.63, 3.8) is 0 Å². The molecule has 7 nitrogen and oxygen atoms in total. The lowest BCUT2D eigenvalue weighted by molar-refractivity contribution is 0.0931. The van der Waals surface area contributed by atoms with Gasteiger partial charge in [0.2, 0.25) is 0 Å². The summed E-state index contributed by atoms with van der Waals surface area (Å²) in [7, 11) is 1.48. The number of carbonyl (C=O) groups is 2. The molecule has 3 N–H and O–H groups in total. The number of hydrogen-bond donors (Lipinski definition) is 3. The number of para-hydroxylation sites is 2. The van der Waals surface area contributed by atoms with Gasteiger partial charge >= 0.3 is 0 Å². The second kappa shape index (κ2) is 10.9. The van der Waals surface area contributed by atoms with Gasteiger partial charge in [-0.25, -0.2) is 0 Å². The van der Waals surface area contributed by atoms with Crippen LogP contribution < -0.4 is 25.6 Å². The maximum Gasteiger partial charge on any atom is 0.273 e. The average Bonchev–Trinajstić information content (AvgIpc) is 2.72. The molecule has 28 heavy (non-hydrogen) atoms. The van der Waals surface area contributed by atoms with E-state index in [1.54, 1.807) is 48.5 Å². The number of hydrazine groups is 1. The lowest BCUT2D eigenvalue weighted by atomic mass is 10.2. The molecule has 2 aromatic rings. The van der Waals surface area contributed by atoms with Gasteiger partial charge in [0, 0.05) is 0 Å². The van der Waals surface area contributed by atoms with E-state index in [0.29, 0.717) is 29.2 Å². The molecule has 0 saturated carbocycles. The summed E-state index contributed by atoms with van der Waals surface area (Å²) in [6, 6.07) is 13.7. The van der Waals surface area contributed by atoms with Crippen molar-refractivity contribution in [1.29, 1.82) is 0 Å². The number of ether oxygens (including phenoxy) is 2. The maximum atomic E-state index is 12.5. The molecule has 0 radical (unpaired) electrons. The van der Waals surface area contributed by atoms with Gasteiger partial charge < -0.3 is 9.47 Å². The number of methoxy groups -OCH3 is 1. The van der Waals surface area contributed by atoms with Gasteiger partial charge in [-0.2, -0.15) is 0 Å². The Morgan fingerprint density at radius 3 is 2.18 bits per heavy atom. The Bertz CT molecular complexity index is 842. The van der Waals surface area contributed by atoms with Crippen molar-refractivity contribution < 1.29 is 19.1 Å². The van der Waals surface area contributed by atoms with Crippen molar-refractivity contribution in [3.05, 3.63) is 59.7 Å². The third-order valence-electron chi connectivity index (χ3n) is 3.76. The Morgan fingerprint density at radius 2 is 1.54 bits per heavy atom. The van der Waals surface area contributed by atoms with Crippen LogP contribution in [0.3, 0.4) is 0 Å². The molecule has 0 spiro atoms. The lowest BCUT2D eigenvalue weighted by Gasteiger charge is -2.14. The van der Waals surface area contributed by atoms with E-state index in [2.05, 4.69) is 23.1 Å². The highest BCUT2D eigenvalue weighted by atomic mass is 32.1. The number of hydrogen-bond acceptors (Lipinski definition) is 5. The molecule has 0 aliphatic carbocycles. The zero-order chi connectivity index (χ0) is 20.4. The third-order valence-corrected chi connectivity index (χ3v) is 3.96. The van der Waals surface area contributed by atoms with Gasteiger partial charge in [-0.1, -0.05) is 37.6 Å². The van der Waals surface area contributed by atoms with Gasteiger partial charge in [-0.05, 0) is 42.9 Å². The summed E-state index contributed by atoms with van der Waals surface area (Å²) in [4.78, 5) is 24.7. The van der Waals surface area contributed by atoms with Crippen molar-refractivity contribution in [3.8, 4) is 11.5 Å². The quantitative estimate of drug-likeness (QED) is 0.376. The molecule has 0 atom stereocenters. The van der Waals surface area contributed by atoms with Gasteiger partial charge in [0.1, 0.15) is 11.5 Å². The summed E-state index contributed by atoms with van der Waals surface area (Å²) < 4.78 is 10.8. The van der Waals surface area contributed by atoms with Crippen LogP contribution in [0.4, 0.5) is 0 Å². The molecule has 0 aromatic heterocycles. The Morgan fingerprint density at radius 1 is 0.929 bits per heavy atom.